The van der Waals surface area contributed by atoms with Crippen molar-refractivity contribution in [2.75, 3.05) is 17.2 Å². The Hall–Kier alpha value is -4.19. The summed E-state index contributed by atoms with van der Waals surface area (Å²) in [7, 11) is 0. The highest BCUT2D eigenvalue weighted by molar-refractivity contribution is 9.10. The second-order valence-corrected chi connectivity index (χ2v) is 10.0. The molecule has 37 heavy (non-hydrogen) atoms. The predicted molar refractivity (Wildman–Crippen MR) is 141 cm³/mol. The van der Waals surface area contributed by atoms with E-state index in [9.17, 15) is 14.4 Å². The number of aromatic amines is 2. The molecule has 0 bridgehead atoms. The van der Waals surface area contributed by atoms with E-state index in [1.165, 1.54) is 6.33 Å². The Morgan fingerprint density at radius 1 is 1.08 bits per heavy atom. The monoisotopic (exact) mass is 568 g/mol. The lowest BCUT2D eigenvalue weighted by molar-refractivity contribution is -0.157. The van der Waals surface area contributed by atoms with Gasteiger partial charge in [-0.3, -0.25) is 14.9 Å². The number of ether oxygens (including phenoxy) is 2. The number of para-hydroxylation sites is 1. The number of aromatic nitrogens is 4. The zero-order valence-electron chi connectivity index (χ0n) is 20.6. The highest BCUT2D eigenvalue weighted by Crippen LogP contribution is 2.26. The molecule has 0 aliphatic rings. The molecule has 4 rings (SSSR count). The van der Waals surface area contributed by atoms with E-state index in [4.69, 9.17) is 9.47 Å². The number of aryl methyl sites for hydroxylation is 1. The second kappa shape index (κ2) is 10.4. The Bertz CT molecular complexity index is 1490. The number of hydrogen-bond acceptors (Lipinski definition) is 7. The molecule has 0 radical (unpaired) electrons. The Morgan fingerprint density at radius 2 is 1.86 bits per heavy atom. The van der Waals surface area contributed by atoms with Gasteiger partial charge in [-0.25, -0.2) is 14.8 Å². The molecule has 192 valence electrons. The summed E-state index contributed by atoms with van der Waals surface area (Å²) < 4.78 is 11.7. The number of amides is 2. The van der Waals surface area contributed by atoms with Crippen molar-refractivity contribution >= 4 is 56.4 Å². The molecule has 4 N–H and O–H groups in total. The number of nitrogens with one attached hydrogen (secondary N) is 4. The quantitative estimate of drug-likeness (QED) is 0.238. The van der Waals surface area contributed by atoms with Crippen LogP contribution in [0, 0.1) is 6.92 Å². The summed E-state index contributed by atoms with van der Waals surface area (Å²) in [4.78, 5) is 51.9. The van der Waals surface area contributed by atoms with Crippen LogP contribution in [0.25, 0.3) is 11.0 Å². The van der Waals surface area contributed by atoms with Crippen LogP contribution in [-0.4, -0.2) is 49.9 Å². The smallest absolute Gasteiger partial charge is 0.344 e. The Kier molecular flexibility index (Phi) is 7.30. The topological polar surface area (TPSA) is 151 Å². The highest BCUT2D eigenvalue weighted by atomic mass is 79.9. The first-order chi connectivity index (χ1) is 17.5. The second-order valence-electron chi connectivity index (χ2n) is 9.10. The highest BCUT2D eigenvalue weighted by Gasteiger charge is 2.23. The summed E-state index contributed by atoms with van der Waals surface area (Å²) in [5.74, 6) is -1.20. The first kappa shape index (κ1) is 25.9. The molecule has 12 heteroatoms. The zero-order valence-corrected chi connectivity index (χ0v) is 22.1. The van der Waals surface area contributed by atoms with E-state index < -0.39 is 23.4 Å². The fraction of sp³-hybridized carbons (Fsp3) is 0.240. The maximum Gasteiger partial charge on any atom is 0.344 e. The predicted octanol–water partition coefficient (Wildman–Crippen LogP) is 4.58. The van der Waals surface area contributed by atoms with Crippen LogP contribution < -0.4 is 15.4 Å². The van der Waals surface area contributed by atoms with Crippen LogP contribution in [0.3, 0.4) is 0 Å². The van der Waals surface area contributed by atoms with Crippen molar-refractivity contribution in [3.8, 4) is 5.75 Å². The zero-order chi connectivity index (χ0) is 26.7. The van der Waals surface area contributed by atoms with E-state index in [0.717, 1.165) is 10.0 Å². The number of H-pyrrole nitrogens is 2. The first-order valence-corrected chi connectivity index (χ1v) is 12.0. The van der Waals surface area contributed by atoms with Gasteiger partial charge in [0.15, 0.2) is 12.3 Å². The van der Waals surface area contributed by atoms with Crippen molar-refractivity contribution in [1.29, 1.82) is 0 Å². The lowest BCUT2D eigenvalue weighted by Crippen LogP contribution is -2.27. The summed E-state index contributed by atoms with van der Waals surface area (Å²) in [6.07, 6.45) is 1.26. The minimum atomic E-state index is -0.646. The minimum absolute atomic E-state index is 0.00521. The Morgan fingerprint density at radius 3 is 2.62 bits per heavy atom. The lowest BCUT2D eigenvalue weighted by Gasteiger charge is -2.19. The molecule has 0 unspecified atom stereocenters. The molecule has 0 aliphatic heterocycles. The average molecular weight is 569 g/mol. The van der Waals surface area contributed by atoms with Crippen molar-refractivity contribution in [3.63, 3.8) is 0 Å². The molecule has 0 fully saturated rings. The molecule has 0 spiro atoms. The fourth-order valence-corrected chi connectivity index (χ4v) is 3.77. The van der Waals surface area contributed by atoms with Crippen LogP contribution in [0.1, 0.15) is 47.3 Å². The van der Waals surface area contributed by atoms with Crippen molar-refractivity contribution in [3.05, 3.63) is 64.1 Å². The number of hydrogen-bond donors (Lipinski definition) is 4. The third-order valence-electron chi connectivity index (χ3n) is 5.01. The molecular weight excluding hydrogens is 544 g/mol. The molecule has 0 atom stereocenters. The summed E-state index contributed by atoms with van der Waals surface area (Å²) >= 11 is 3.38. The number of esters is 1. The summed E-state index contributed by atoms with van der Waals surface area (Å²) in [6.45, 7) is 6.87. The number of rotatable bonds is 7. The molecule has 2 aromatic heterocycles. The molecule has 0 aliphatic carbocycles. The van der Waals surface area contributed by atoms with Crippen LogP contribution in [0.15, 0.2) is 47.2 Å². The maximum absolute atomic E-state index is 12.9. The van der Waals surface area contributed by atoms with Crippen molar-refractivity contribution in [1.82, 2.24) is 19.9 Å². The van der Waals surface area contributed by atoms with Crippen molar-refractivity contribution in [2.24, 2.45) is 0 Å². The van der Waals surface area contributed by atoms with E-state index in [1.807, 2.05) is 19.1 Å². The summed E-state index contributed by atoms with van der Waals surface area (Å²) in [5.41, 5.74) is 1.69. The van der Waals surface area contributed by atoms with Gasteiger partial charge in [0.1, 0.15) is 22.6 Å². The molecule has 11 nitrogen and oxygen atoms in total. The summed E-state index contributed by atoms with van der Waals surface area (Å²) in [6, 6.07) is 10.6. The van der Waals surface area contributed by atoms with Crippen molar-refractivity contribution in [2.45, 2.75) is 33.3 Å². The van der Waals surface area contributed by atoms with Crippen LogP contribution in [0.2, 0.25) is 0 Å². The van der Waals surface area contributed by atoms with Crippen LogP contribution in [0.4, 0.5) is 11.6 Å². The molecule has 2 heterocycles. The average Bonchev–Trinajstić information content (AvgIpc) is 3.46. The fourth-order valence-electron chi connectivity index (χ4n) is 3.41. The van der Waals surface area contributed by atoms with Gasteiger partial charge in [-0.2, -0.15) is 0 Å². The molecule has 0 saturated heterocycles. The Labute approximate surface area is 220 Å². The minimum Gasteiger partial charge on any atom is -0.480 e. The lowest BCUT2D eigenvalue weighted by atomic mass is 10.2. The van der Waals surface area contributed by atoms with E-state index in [2.05, 4.69) is 46.5 Å². The van der Waals surface area contributed by atoms with Gasteiger partial charge in [-0.15, -0.1) is 0 Å². The van der Waals surface area contributed by atoms with Gasteiger partial charge in [-0.1, -0.05) is 28.1 Å². The van der Waals surface area contributed by atoms with Gasteiger partial charge in [0.05, 0.1) is 11.8 Å². The number of halogens is 1. The van der Waals surface area contributed by atoms with Gasteiger partial charge >= 0.3 is 5.97 Å². The number of nitrogens with zero attached hydrogens (tertiary/aromatic N) is 2. The van der Waals surface area contributed by atoms with E-state index in [-0.39, 0.29) is 23.9 Å². The molecular formula is C25H25BrN6O5. The number of carbonyl (C=O) groups excluding carboxylic acids is 3. The van der Waals surface area contributed by atoms with Gasteiger partial charge in [0, 0.05) is 10.2 Å². The van der Waals surface area contributed by atoms with Gasteiger partial charge in [0.25, 0.3) is 11.8 Å². The molecule has 4 aromatic rings. The molecule has 0 saturated carbocycles. The van der Waals surface area contributed by atoms with Crippen LogP contribution in [-0.2, 0) is 9.53 Å². The largest absolute Gasteiger partial charge is 0.480 e. The van der Waals surface area contributed by atoms with E-state index in [0.29, 0.717) is 22.5 Å². The SMILES string of the molecule is Cc1ccc(Br)cc1NC(=O)c1[nH]cnc1C(=O)Nc1nc2cccc(OCC(=O)OC(C)(C)C)c2[nH]1. The number of anilines is 2. The van der Waals surface area contributed by atoms with E-state index in [1.54, 1.807) is 45.0 Å². The first-order valence-electron chi connectivity index (χ1n) is 11.3. The maximum atomic E-state index is 12.9. The van der Waals surface area contributed by atoms with Crippen LogP contribution >= 0.6 is 15.9 Å². The summed E-state index contributed by atoms with van der Waals surface area (Å²) in [5, 5.41) is 5.39. The third kappa shape index (κ3) is 6.33. The Balaban J connectivity index is 1.48. The molecule has 2 amide bonds. The van der Waals surface area contributed by atoms with E-state index >= 15 is 0 Å². The van der Waals surface area contributed by atoms with Gasteiger partial charge < -0.3 is 24.8 Å². The number of benzene rings is 2. The van der Waals surface area contributed by atoms with Crippen molar-refractivity contribution < 1.29 is 23.9 Å². The standard InChI is InChI=1S/C25H25BrN6O5/c1-13-8-9-14(26)10-16(13)29-22(34)20-21(28-12-27-20)23(35)32-24-30-15-6-5-7-17(19(15)31-24)36-11-18(33)37-25(2,3)4/h5-10,12H,11H2,1-4H3,(H,27,28)(H,29,34)(H2,30,31,32,35). The number of carbonyl (C=O) groups is 3. The van der Waals surface area contributed by atoms with Gasteiger partial charge in [0.2, 0.25) is 5.95 Å². The molecule has 2 aromatic carbocycles. The third-order valence-corrected chi connectivity index (χ3v) is 5.50. The number of fused-ring (bicyclic) bond motifs is 1. The normalized spacial score (nSPS) is 11.3. The van der Waals surface area contributed by atoms with Gasteiger partial charge in [-0.05, 0) is 57.5 Å². The van der Waals surface area contributed by atoms with Crippen LogP contribution in [0.5, 0.6) is 5.75 Å². The number of imidazole rings is 2.